The molecule has 0 unspecified atom stereocenters. The number of hydrogen-bond donors (Lipinski definition) is 3. The van der Waals surface area contributed by atoms with Crippen LogP contribution in [0, 0.1) is 0 Å². The zero-order valence-electron chi connectivity index (χ0n) is 17.1. The maximum absolute atomic E-state index is 12.2. The number of hydrogen-bond acceptors (Lipinski definition) is 6. The average Bonchev–Trinajstić information content (AvgIpc) is 3.18. The molecule has 0 saturated heterocycles. The number of nitrogens with zero attached hydrogens (tertiary/aromatic N) is 2. The zero-order chi connectivity index (χ0) is 21.7. The molecule has 3 aromatic rings. The predicted octanol–water partition coefficient (Wildman–Crippen LogP) is 4.16. The summed E-state index contributed by atoms with van der Waals surface area (Å²) in [5.41, 5.74) is 1.57. The SMILES string of the molecule is CNC(=O)c1ccnc(Oc2ccc(NC(=O)Nc3cc(C(C)(C)C)no3)cc2)c1. The molecule has 0 fully saturated rings. The van der Waals surface area contributed by atoms with Crippen LogP contribution in [0.2, 0.25) is 0 Å². The minimum Gasteiger partial charge on any atom is -0.439 e. The van der Waals surface area contributed by atoms with Crippen molar-refractivity contribution in [2.75, 3.05) is 17.7 Å². The number of carbonyl (C=O) groups excluding carboxylic acids is 2. The predicted molar refractivity (Wildman–Crippen MR) is 112 cm³/mol. The summed E-state index contributed by atoms with van der Waals surface area (Å²) in [4.78, 5) is 27.9. The van der Waals surface area contributed by atoms with Crippen LogP contribution in [-0.4, -0.2) is 29.1 Å². The largest absolute Gasteiger partial charge is 0.439 e. The van der Waals surface area contributed by atoms with E-state index in [0.29, 0.717) is 17.0 Å². The van der Waals surface area contributed by atoms with Crippen LogP contribution in [0.5, 0.6) is 11.6 Å². The van der Waals surface area contributed by atoms with Crippen LogP contribution in [0.25, 0.3) is 0 Å². The van der Waals surface area contributed by atoms with E-state index in [1.54, 1.807) is 49.5 Å². The summed E-state index contributed by atoms with van der Waals surface area (Å²) in [5, 5.41) is 11.8. The Morgan fingerprint density at radius 2 is 1.77 bits per heavy atom. The van der Waals surface area contributed by atoms with Crippen LogP contribution in [0.15, 0.2) is 53.2 Å². The molecule has 3 N–H and O–H groups in total. The molecule has 156 valence electrons. The summed E-state index contributed by atoms with van der Waals surface area (Å²) in [5.74, 6) is 0.829. The summed E-state index contributed by atoms with van der Waals surface area (Å²) in [7, 11) is 1.55. The fourth-order valence-electron chi connectivity index (χ4n) is 2.44. The van der Waals surface area contributed by atoms with Crippen LogP contribution in [0.1, 0.15) is 36.8 Å². The van der Waals surface area contributed by atoms with Gasteiger partial charge in [-0.3, -0.25) is 10.1 Å². The van der Waals surface area contributed by atoms with Gasteiger partial charge in [0.05, 0.1) is 5.69 Å². The third kappa shape index (κ3) is 5.34. The number of rotatable bonds is 5. The third-order valence-corrected chi connectivity index (χ3v) is 4.07. The van der Waals surface area contributed by atoms with Crippen molar-refractivity contribution in [1.29, 1.82) is 0 Å². The maximum atomic E-state index is 12.2. The molecule has 0 aliphatic heterocycles. The van der Waals surface area contributed by atoms with E-state index < -0.39 is 6.03 Å². The van der Waals surface area contributed by atoms with Gasteiger partial charge in [-0.15, -0.1) is 0 Å². The lowest BCUT2D eigenvalue weighted by Gasteiger charge is -2.12. The van der Waals surface area contributed by atoms with E-state index in [4.69, 9.17) is 9.26 Å². The van der Waals surface area contributed by atoms with Crippen molar-refractivity contribution in [2.24, 2.45) is 0 Å². The van der Waals surface area contributed by atoms with Crippen molar-refractivity contribution >= 4 is 23.5 Å². The van der Waals surface area contributed by atoms with E-state index in [1.807, 2.05) is 20.8 Å². The molecule has 1 aromatic carbocycles. The number of nitrogens with one attached hydrogen (secondary N) is 3. The van der Waals surface area contributed by atoms with Gasteiger partial charge >= 0.3 is 6.03 Å². The monoisotopic (exact) mass is 409 g/mol. The average molecular weight is 409 g/mol. The molecule has 9 nitrogen and oxygen atoms in total. The van der Waals surface area contributed by atoms with Gasteiger partial charge in [-0.25, -0.2) is 9.78 Å². The number of carbonyl (C=O) groups is 2. The van der Waals surface area contributed by atoms with Crippen molar-refractivity contribution in [3.63, 3.8) is 0 Å². The minimum absolute atomic E-state index is 0.176. The summed E-state index contributed by atoms with van der Waals surface area (Å²) < 4.78 is 10.8. The highest BCUT2D eigenvalue weighted by Crippen LogP contribution is 2.24. The van der Waals surface area contributed by atoms with Crippen LogP contribution >= 0.6 is 0 Å². The molecule has 2 aromatic heterocycles. The second-order valence-electron chi connectivity index (χ2n) is 7.49. The zero-order valence-corrected chi connectivity index (χ0v) is 17.1. The molecule has 2 heterocycles. The minimum atomic E-state index is -0.458. The fraction of sp³-hybridized carbons (Fsp3) is 0.238. The van der Waals surface area contributed by atoms with Crippen LogP contribution in [0.3, 0.4) is 0 Å². The smallest absolute Gasteiger partial charge is 0.326 e. The van der Waals surface area contributed by atoms with E-state index in [1.165, 1.54) is 6.20 Å². The highest BCUT2D eigenvalue weighted by molar-refractivity contribution is 5.99. The Hall–Kier alpha value is -3.88. The van der Waals surface area contributed by atoms with E-state index in [0.717, 1.165) is 5.69 Å². The van der Waals surface area contributed by atoms with Crippen molar-refractivity contribution in [2.45, 2.75) is 26.2 Å². The van der Waals surface area contributed by atoms with Crippen molar-refractivity contribution < 1.29 is 18.8 Å². The molecule has 3 rings (SSSR count). The standard InChI is InChI=1S/C21H23N5O4/c1-21(2,3)16-12-18(30-26-16)25-20(28)24-14-5-7-15(8-6-14)29-17-11-13(9-10-23-17)19(27)22-4/h5-12H,1-4H3,(H,22,27)(H2,24,25,28). The Balaban J connectivity index is 1.58. The van der Waals surface area contributed by atoms with Crippen molar-refractivity contribution in [3.8, 4) is 11.6 Å². The molecular formula is C21H23N5O4. The molecule has 3 amide bonds. The van der Waals surface area contributed by atoms with Gasteiger partial charge in [0.2, 0.25) is 11.8 Å². The fourth-order valence-corrected chi connectivity index (χ4v) is 2.44. The normalized spacial score (nSPS) is 10.9. The molecule has 0 spiro atoms. The Bertz CT molecular complexity index is 1040. The van der Waals surface area contributed by atoms with E-state index in [-0.39, 0.29) is 23.1 Å². The quantitative estimate of drug-likeness (QED) is 0.582. The van der Waals surface area contributed by atoms with Gasteiger partial charge in [0.1, 0.15) is 5.75 Å². The van der Waals surface area contributed by atoms with Crippen LogP contribution in [0.4, 0.5) is 16.4 Å². The third-order valence-electron chi connectivity index (χ3n) is 4.07. The number of anilines is 2. The molecule has 9 heteroatoms. The Morgan fingerprint density at radius 1 is 1.03 bits per heavy atom. The summed E-state index contributed by atoms with van der Waals surface area (Å²) >= 11 is 0. The summed E-state index contributed by atoms with van der Waals surface area (Å²) in [6, 6.07) is 11.1. The first-order valence-corrected chi connectivity index (χ1v) is 9.26. The molecule has 0 radical (unpaired) electrons. The molecule has 0 atom stereocenters. The number of pyridine rings is 1. The van der Waals surface area contributed by atoms with E-state index in [2.05, 4.69) is 26.1 Å². The lowest BCUT2D eigenvalue weighted by Crippen LogP contribution is -2.19. The second-order valence-corrected chi connectivity index (χ2v) is 7.49. The number of ether oxygens (including phenoxy) is 1. The number of aromatic nitrogens is 2. The van der Waals surface area contributed by atoms with Crippen LogP contribution < -0.4 is 20.7 Å². The highest BCUT2D eigenvalue weighted by atomic mass is 16.5. The van der Waals surface area contributed by atoms with E-state index >= 15 is 0 Å². The first-order chi connectivity index (χ1) is 14.2. The maximum Gasteiger partial charge on any atom is 0.326 e. The second kappa shape index (κ2) is 8.64. The molecule has 0 aliphatic carbocycles. The molecule has 0 bridgehead atoms. The van der Waals surface area contributed by atoms with Gasteiger partial charge in [0.25, 0.3) is 5.91 Å². The van der Waals surface area contributed by atoms with Gasteiger partial charge in [-0.2, -0.15) is 0 Å². The van der Waals surface area contributed by atoms with Gasteiger partial charge < -0.3 is 19.9 Å². The van der Waals surface area contributed by atoms with E-state index in [9.17, 15) is 9.59 Å². The topological polar surface area (TPSA) is 118 Å². The van der Waals surface area contributed by atoms with Gasteiger partial charge in [0, 0.05) is 42.0 Å². The number of urea groups is 1. The van der Waals surface area contributed by atoms with Gasteiger partial charge in [-0.1, -0.05) is 25.9 Å². The molecule has 30 heavy (non-hydrogen) atoms. The van der Waals surface area contributed by atoms with Gasteiger partial charge in [-0.05, 0) is 30.3 Å². The lowest BCUT2D eigenvalue weighted by atomic mass is 9.92. The Morgan fingerprint density at radius 3 is 2.40 bits per heavy atom. The first kappa shape index (κ1) is 20.8. The lowest BCUT2D eigenvalue weighted by molar-refractivity contribution is 0.0962. The molecule has 0 aliphatic rings. The highest BCUT2D eigenvalue weighted by Gasteiger charge is 2.19. The summed E-state index contributed by atoms with van der Waals surface area (Å²) in [6.07, 6.45) is 1.49. The number of benzene rings is 1. The Kier molecular flexibility index (Phi) is 6.01. The molecule has 0 saturated carbocycles. The number of amides is 3. The Labute approximate surface area is 173 Å². The molecular weight excluding hydrogens is 386 g/mol. The van der Waals surface area contributed by atoms with Crippen molar-refractivity contribution in [1.82, 2.24) is 15.5 Å². The first-order valence-electron chi connectivity index (χ1n) is 9.26. The summed E-state index contributed by atoms with van der Waals surface area (Å²) in [6.45, 7) is 6.01. The van der Waals surface area contributed by atoms with Gasteiger partial charge in [0.15, 0.2) is 0 Å². The van der Waals surface area contributed by atoms with Crippen molar-refractivity contribution in [3.05, 3.63) is 59.9 Å². The van der Waals surface area contributed by atoms with Crippen LogP contribution in [-0.2, 0) is 5.41 Å².